The van der Waals surface area contributed by atoms with Crippen LogP contribution in [0.4, 0.5) is 0 Å². The Hall–Kier alpha value is -1.24. The lowest BCUT2D eigenvalue weighted by molar-refractivity contribution is -0.120. The number of methoxy groups -OCH3 is 1. The molecule has 0 aromatic carbocycles. The zero-order valence-corrected chi connectivity index (χ0v) is 12.6. The monoisotopic (exact) mass is 296 g/mol. The maximum absolute atomic E-state index is 11.8. The van der Waals surface area contributed by atoms with E-state index in [-0.39, 0.29) is 5.91 Å². The van der Waals surface area contributed by atoms with Crippen molar-refractivity contribution in [2.75, 3.05) is 20.3 Å². The van der Waals surface area contributed by atoms with Crippen LogP contribution in [0, 0.1) is 6.92 Å². The minimum atomic E-state index is 0.0125. The number of nitrogens with zero attached hydrogens (tertiary/aromatic N) is 1. The first-order valence-electron chi connectivity index (χ1n) is 5.96. The second-order valence-electron chi connectivity index (χ2n) is 4.00. The van der Waals surface area contributed by atoms with Gasteiger partial charge in [-0.15, -0.1) is 22.7 Å². The first kappa shape index (κ1) is 14.2. The maximum Gasteiger partial charge on any atom is 0.225 e. The van der Waals surface area contributed by atoms with Crippen molar-refractivity contribution in [1.29, 1.82) is 0 Å². The highest BCUT2D eigenvalue weighted by Crippen LogP contribution is 2.31. The number of aromatic nitrogens is 1. The number of aryl methyl sites for hydroxylation is 1. The van der Waals surface area contributed by atoms with Crippen LogP contribution in [-0.2, 0) is 16.0 Å². The molecule has 19 heavy (non-hydrogen) atoms. The first-order valence-corrected chi connectivity index (χ1v) is 7.66. The summed E-state index contributed by atoms with van der Waals surface area (Å²) in [5, 5.41) is 5.84. The molecular formula is C13H16N2O2S2. The van der Waals surface area contributed by atoms with Gasteiger partial charge in [-0.1, -0.05) is 6.07 Å². The van der Waals surface area contributed by atoms with Crippen molar-refractivity contribution < 1.29 is 9.53 Å². The molecule has 2 heterocycles. The molecule has 102 valence electrons. The van der Waals surface area contributed by atoms with Crippen molar-refractivity contribution in [2.45, 2.75) is 13.3 Å². The normalized spacial score (nSPS) is 10.6. The standard InChI is InChI=1S/C13H16N2O2S2/c1-9-15-13(10-4-3-7-18-10)11(19-9)8-12(16)14-5-6-17-2/h3-4,7H,5-6,8H2,1-2H3,(H,14,16). The summed E-state index contributed by atoms with van der Waals surface area (Å²) >= 11 is 3.23. The Morgan fingerprint density at radius 3 is 3.05 bits per heavy atom. The molecule has 0 radical (unpaired) electrons. The molecule has 0 fully saturated rings. The summed E-state index contributed by atoms with van der Waals surface area (Å²) in [6.45, 7) is 3.04. The summed E-state index contributed by atoms with van der Waals surface area (Å²) < 4.78 is 4.91. The smallest absolute Gasteiger partial charge is 0.225 e. The molecule has 2 aromatic heterocycles. The molecule has 0 saturated carbocycles. The number of amides is 1. The number of carbonyl (C=O) groups excluding carboxylic acids is 1. The Balaban J connectivity index is 2.06. The number of carbonyl (C=O) groups is 1. The minimum Gasteiger partial charge on any atom is -0.383 e. The van der Waals surface area contributed by atoms with Gasteiger partial charge in [-0.25, -0.2) is 4.98 Å². The van der Waals surface area contributed by atoms with E-state index in [0.29, 0.717) is 19.6 Å². The van der Waals surface area contributed by atoms with E-state index in [1.807, 2.05) is 24.4 Å². The number of rotatable bonds is 6. The van der Waals surface area contributed by atoms with Gasteiger partial charge in [0.15, 0.2) is 0 Å². The molecule has 0 aliphatic carbocycles. The second kappa shape index (κ2) is 6.79. The zero-order chi connectivity index (χ0) is 13.7. The molecular weight excluding hydrogens is 280 g/mol. The third-order valence-corrected chi connectivity index (χ3v) is 4.36. The van der Waals surface area contributed by atoms with E-state index in [9.17, 15) is 4.79 Å². The Kier molecular flexibility index (Phi) is 5.07. The van der Waals surface area contributed by atoms with Crippen LogP contribution in [0.15, 0.2) is 17.5 Å². The van der Waals surface area contributed by atoms with Crippen LogP contribution < -0.4 is 5.32 Å². The molecule has 6 heteroatoms. The second-order valence-corrected chi connectivity index (χ2v) is 6.24. The molecule has 0 spiro atoms. The van der Waals surface area contributed by atoms with Gasteiger partial charge in [-0.2, -0.15) is 0 Å². The van der Waals surface area contributed by atoms with Gasteiger partial charge < -0.3 is 10.1 Å². The Morgan fingerprint density at radius 1 is 1.53 bits per heavy atom. The van der Waals surface area contributed by atoms with Crippen molar-refractivity contribution in [3.05, 3.63) is 27.4 Å². The van der Waals surface area contributed by atoms with Crippen LogP contribution in [-0.4, -0.2) is 31.2 Å². The zero-order valence-electron chi connectivity index (χ0n) is 10.9. The lowest BCUT2D eigenvalue weighted by Crippen LogP contribution is -2.28. The summed E-state index contributed by atoms with van der Waals surface area (Å²) in [4.78, 5) is 18.5. The van der Waals surface area contributed by atoms with Crippen LogP contribution in [0.1, 0.15) is 9.88 Å². The highest BCUT2D eigenvalue weighted by atomic mass is 32.1. The summed E-state index contributed by atoms with van der Waals surface area (Å²) in [5.41, 5.74) is 0.944. The maximum atomic E-state index is 11.8. The third kappa shape index (κ3) is 3.86. The number of thiazole rings is 1. The van der Waals surface area contributed by atoms with E-state index < -0.39 is 0 Å². The molecule has 1 amide bonds. The molecule has 2 rings (SSSR count). The van der Waals surface area contributed by atoms with Crippen LogP contribution in [0.3, 0.4) is 0 Å². The van der Waals surface area contributed by atoms with Gasteiger partial charge >= 0.3 is 0 Å². The van der Waals surface area contributed by atoms with Gasteiger partial charge in [0.2, 0.25) is 5.91 Å². The molecule has 0 saturated heterocycles. The molecule has 1 N–H and O–H groups in total. The van der Waals surface area contributed by atoms with E-state index in [4.69, 9.17) is 4.74 Å². The summed E-state index contributed by atoms with van der Waals surface area (Å²) in [5.74, 6) is 0.0125. The molecule has 0 atom stereocenters. The SMILES string of the molecule is COCCNC(=O)Cc1sc(C)nc1-c1cccs1. The fourth-order valence-corrected chi connectivity index (χ4v) is 3.45. The van der Waals surface area contributed by atoms with Crippen LogP contribution in [0.25, 0.3) is 10.6 Å². The van der Waals surface area contributed by atoms with Crippen LogP contribution in [0.2, 0.25) is 0 Å². The van der Waals surface area contributed by atoms with E-state index >= 15 is 0 Å². The highest BCUT2D eigenvalue weighted by Gasteiger charge is 2.15. The lowest BCUT2D eigenvalue weighted by atomic mass is 10.2. The van der Waals surface area contributed by atoms with Gasteiger partial charge in [0.25, 0.3) is 0 Å². The van der Waals surface area contributed by atoms with Crippen molar-refractivity contribution in [3.63, 3.8) is 0 Å². The van der Waals surface area contributed by atoms with Crippen molar-refractivity contribution in [1.82, 2.24) is 10.3 Å². The fraction of sp³-hybridized carbons (Fsp3) is 0.385. The van der Waals surface area contributed by atoms with Gasteiger partial charge in [0.05, 0.1) is 28.6 Å². The number of ether oxygens (including phenoxy) is 1. The number of hydrogen-bond acceptors (Lipinski definition) is 5. The number of hydrogen-bond donors (Lipinski definition) is 1. The van der Waals surface area contributed by atoms with E-state index in [0.717, 1.165) is 20.5 Å². The van der Waals surface area contributed by atoms with Gasteiger partial charge in [0, 0.05) is 18.5 Å². The Labute approximate surface area is 120 Å². The lowest BCUT2D eigenvalue weighted by Gasteiger charge is -2.04. The molecule has 0 aliphatic rings. The van der Waals surface area contributed by atoms with Crippen LogP contribution in [0.5, 0.6) is 0 Å². The summed E-state index contributed by atoms with van der Waals surface area (Å²) in [6, 6.07) is 4.03. The van der Waals surface area contributed by atoms with E-state index in [1.54, 1.807) is 29.8 Å². The number of nitrogens with one attached hydrogen (secondary N) is 1. The molecule has 0 unspecified atom stereocenters. The topological polar surface area (TPSA) is 51.2 Å². The van der Waals surface area contributed by atoms with Crippen molar-refractivity contribution in [2.24, 2.45) is 0 Å². The van der Waals surface area contributed by atoms with E-state index in [2.05, 4.69) is 10.3 Å². The summed E-state index contributed by atoms with van der Waals surface area (Å²) in [6.07, 6.45) is 0.377. The van der Waals surface area contributed by atoms with Gasteiger partial charge in [-0.3, -0.25) is 4.79 Å². The average molecular weight is 296 g/mol. The fourth-order valence-electron chi connectivity index (χ4n) is 1.70. The predicted molar refractivity (Wildman–Crippen MR) is 78.8 cm³/mol. The highest BCUT2D eigenvalue weighted by molar-refractivity contribution is 7.15. The van der Waals surface area contributed by atoms with Crippen LogP contribution >= 0.6 is 22.7 Å². The Bertz CT molecular complexity index is 535. The average Bonchev–Trinajstić information content (AvgIpc) is 2.99. The first-order chi connectivity index (χ1) is 9.20. The Morgan fingerprint density at radius 2 is 2.37 bits per heavy atom. The number of thiophene rings is 1. The minimum absolute atomic E-state index is 0.0125. The molecule has 2 aromatic rings. The van der Waals surface area contributed by atoms with Crippen molar-refractivity contribution in [3.8, 4) is 10.6 Å². The van der Waals surface area contributed by atoms with Crippen molar-refractivity contribution >= 4 is 28.6 Å². The van der Waals surface area contributed by atoms with Gasteiger partial charge in [0.1, 0.15) is 0 Å². The quantitative estimate of drug-likeness (QED) is 0.833. The molecule has 0 bridgehead atoms. The molecule has 4 nitrogen and oxygen atoms in total. The predicted octanol–water partition coefficient (Wildman–Crippen LogP) is 2.49. The van der Waals surface area contributed by atoms with Gasteiger partial charge in [-0.05, 0) is 18.4 Å². The van der Waals surface area contributed by atoms with E-state index in [1.165, 1.54) is 0 Å². The third-order valence-electron chi connectivity index (χ3n) is 2.51. The molecule has 0 aliphatic heterocycles. The summed E-state index contributed by atoms with van der Waals surface area (Å²) in [7, 11) is 1.62. The largest absolute Gasteiger partial charge is 0.383 e.